The van der Waals surface area contributed by atoms with Crippen molar-refractivity contribution in [2.24, 2.45) is 0 Å². The molecule has 202 valence electrons. The molecule has 0 amide bonds. The van der Waals surface area contributed by atoms with Crippen molar-refractivity contribution in [3.63, 3.8) is 0 Å². The lowest BCUT2D eigenvalue weighted by atomic mass is 10.1. The number of pyridine rings is 1. The number of aromatic nitrogens is 3. The average molecular weight is 547 g/mol. The van der Waals surface area contributed by atoms with Crippen molar-refractivity contribution in [2.75, 3.05) is 6.61 Å². The van der Waals surface area contributed by atoms with Gasteiger partial charge in [0.15, 0.2) is 0 Å². The summed E-state index contributed by atoms with van der Waals surface area (Å²) in [6, 6.07) is 17.9. The van der Waals surface area contributed by atoms with Crippen molar-refractivity contribution in [1.82, 2.24) is 19.3 Å². The molecule has 4 aromatic rings. The van der Waals surface area contributed by atoms with E-state index in [9.17, 15) is 13.2 Å². The van der Waals surface area contributed by atoms with E-state index in [1.165, 1.54) is 29.7 Å². The van der Waals surface area contributed by atoms with Gasteiger partial charge in [-0.2, -0.15) is 4.31 Å². The first-order chi connectivity index (χ1) is 18.6. The van der Waals surface area contributed by atoms with Crippen LogP contribution in [0.4, 0.5) is 0 Å². The molecule has 0 fully saturated rings. The van der Waals surface area contributed by atoms with E-state index >= 15 is 0 Å². The average Bonchev–Trinajstić information content (AvgIpc) is 2.92. The molecule has 4 rings (SSSR count). The van der Waals surface area contributed by atoms with Gasteiger partial charge in [-0.1, -0.05) is 36.4 Å². The first-order valence-electron chi connectivity index (χ1n) is 12.3. The van der Waals surface area contributed by atoms with Crippen LogP contribution in [0.25, 0.3) is 11.3 Å². The second-order valence-electron chi connectivity index (χ2n) is 9.54. The molecule has 0 aliphatic heterocycles. The molecule has 2 aromatic carbocycles. The van der Waals surface area contributed by atoms with Crippen LogP contribution in [0.15, 0.2) is 96.5 Å². The van der Waals surface area contributed by atoms with Gasteiger partial charge >= 0.3 is 5.97 Å². The van der Waals surface area contributed by atoms with E-state index in [1.807, 2.05) is 30.3 Å². The van der Waals surface area contributed by atoms with E-state index < -0.39 is 21.6 Å². The fraction of sp³-hybridized carbons (Fsp3) is 0.241. The summed E-state index contributed by atoms with van der Waals surface area (Å²) in [5.74, 6) is 0.151. The number of benzene rings is 2. The number of esters is 1. The molecule has 0 aliphatic carbocycles. The highest BCUT2D eigenvalue weighted by molar-refractivity contribution is 7.89. The summed E-state index contributed by atoms with van der Waals surface area (Å²) < 4.78 is 39.9. The van der Waals surface area contributed by atoms with Gasteiger partial charge in [-0.15, -0.1) is 0 Å². The van der Waals surface area contributed by atoms with E-state index in [1.54, 1.807) is 56.7 Å². The Labute approximate surface area is 228 Å². The zero-order valence-corrected chi connectivity index (χ0v) is 22.8. The lowest BCUT2D eigenvalue weighted by Crippen LogP contribution is -2.34. The van der Waals surface area contributed by atoms with Crippen LogP contribution in [-0.2, 0) is 32.6 Å². The molecule has 2 aromatic heterocycles. The minimum atomic E-state index is -3.87. The molecule has 0 atom stereocenters. The minimum absolute atomic E-state index is 0.105. The number of sulfonamides is 1. The Kier molecular flexibility index (Phi) is 8.68. The highest BCUT2D eigenvalue weighted by atomic mass is 32.2. The second-order valence-corrected chi connectivity index (χ2v) is 11.5. The number of carbonyl (C=O) groups excluding carboxylic acids is 1. The molecule has 0 radical (unpaired) electrons. The Balaban J connectivity index is 1.57. The first-order valence-corrected chi connectivity index (χ1v) is 13.7. The topological polar surface area (TPSA) is 112 Å². The van der Waals surface area contributed by atoms with E-state index in [-0.39, 0.29) is 24.6 Å². The Hall–Kier alpha value is -4.15. The normalized spacial score (nSPS) is 11.8. The number of ether oxygens (including phenoxy) is 2. The molecule has 0 saturated carbocycles. The predicted octanol–water partition coefficient (Wildman–Crippen LogP) is 4.65. The molecule has 0 aliphatic rings. The molecule has 10 heteroatoms. The molecule has 2 heterocycles. The van der Waals surface area contributed by atoms with Gasteiger partial charge in [0.25, 0.3) is 0 Å². The maximum absolute atomic E-state index is 13.7. The van der Waals surface area contributed by atoms with Crippen LogP contribution in [-0.4, -0.2) is 45.9 Å². The summed E-state index contributed by atoms with van der Waals surface area (Å²) in [4.78, 5) is 23.9. The second kappa shape index (κ2) is 12.1. The van der Waals surface area contributed by atoms with E-state index in [0.29, 0.717) is 5.75 Å². The zero-order valence-electron chi connectivity index (χ0n) is 22.0. The van der Waals surface area contributed by atoms with Gasteiger partial charge in [0.05, 0.1) is 11.9 Å². The fourth-order valence-corrected chi connectivity index (χ4v) is 5.30. The maximum atomic E-state index is 13.7. The summed E-state index contributed by atoms with van der Waals surface area (Å²) in [5.41, 5.74) is 2.36. The summed E-state index contributed by atoms with van der Waals surface area (Å²) in [5, 5.41) is 0. The first kappa shape index (κ1) is 27.9. The SMILES string of the molecule is CC(=O)OC(C)(C)COc1cccc(CN(Cc2ccc(-c3cnccn3)cc2)S(=O)(=O)c2cccnc2)c1. The van der Waals surface area contributed by atoms with E-state index in [2.05, 4.69) is 15.0 Å². The summed E-state index contributed by atoms with van der Waals surface area (Å²) >= 11 is 0. The largest absolute Gasteiger partial charge is 0.489 e. The number of nitrogens with zero attached hydrogens (tertiary/aromatic N) is 4. The van der Waals surface area contributed by atoms with Crippen LogP contribution in [0.3, 0.4) is 0 Å². The third-order valence-corrected chi connectivity index (χ3v) is 7.48. The lowest BCUT2D eigenvalue weighted by molar-refractivity contribution is -0.156. The van der Waals surface area contributed by atoms with Crippen LogP contribution in [0.2, 0.25) is 0 Å². The zero-order chi connectivity index (χ0) is 27.9. The lowest BCUT2D eigenvalue weighted by Gasteiger charge is -2.25. The van der Waals surface area contributed by atoms with E-state index in [0.717, 1.165) is 22.4 Å². The monoisotopic (exact) mass is 546 g/mol. The standard InChI is InChI=1S/C29H30N4O5S/c1-22(34)38-29(2,3)21-37-26-7-4-6-24(16-26)20-33(39(35,36)27-8-5-13-30-17-27)19-23-9-11-25(12-10-23)28-18-31-14-15-32-28/h4-18H,19-21H2,1-3H3. The number of hydrogen-bond donors (Lipinski definition) is 0. The molecule has 0 spiro atoms. The summed E-state index contributed by atoms with van der Waals surface area (Å²) in [7, 11) is -3.87. The summed E-state index contributed by atoms with van der Waals surface area (Å²) in [6.07, 6.45) is 7.79. The van der Waals surface area contributed by atoms with Crippen molar-refractivity contribution in [1.29, 1.82) is 0 Å². The Bertz CT molecular complexity index is 1500. The Morgan fingerprint density at radius 1 is 0.897 bits per heavy atom. The highest BCUT2D eigenvalue weighted by Crippen LogP contribution is 2.24. The Morgan fingerprint density at radius 3 is 2.31 bits per heavy atom. The molecule has 0 saturated heterocycles. The van der Waals surface area contributed by atoms with Gasteiger partial charge in [0, 0.05) is 50.4 Å². The third-order valence-electron chi connectivity index (χ3n) is 5.71. The number of carbonyl (C=O) groups is 1. The summed E-state index contributed by atoms with van der Waals surface area (Å²) in [6.45, 7) is 5.26. The molecule has 0 unspecified atom stereocenters. The molecule has 0 N–H and O–H groups in total. The fourth-order valence-electron chi connectivity index (χ4n) is 3.92. The van der Waals surface area contributed by atoms with Crippen molar-refractivity contribution >= 4 is 16.0 Å². The van der Waals surface area contributed by atoms with Crippen molar-refractivity contribution in [2.45, 2.75) is 44.4 Å². The predicted molar refractivity (Wildman–Crippen MR) is 146 cm³/mol. The quantitative estimate of drug-likeness (QED) is 0.250. The number of rotatable bonds is 11. The van der Waals surface area contributed by atoms with Gasteiger partial charge in [0.1, 0.15) is 22.9 Å². The maximum Gasteiger partial charge on any atom is 0.303 e. The molecule has 0 bridgehead atoms. The van der Waals surface area contributed by atoms with Gasteiger partial charge in [0.2, 0.25) is 10.0 Å². The molecular weight excluding hydrogens is 516 g/mol. The van der Waals surface area contributed by atoms with Gasteiger partial charge in [-0.25, -0.2) is 8.42 Å². The molecule has 9 nitrogen and oxygen atoms in total. The van der Waals surface area contributed by atoms with Crippen LogP contribution >= 0.6 is 0 Å². The van der Waals surface area contributed by atoms with Crippen LogP contribution < -0.4 is 4.74 Å². The van der Waals surface area contributed by atoms with Gasteiger partial charge < -0.3 is 9.47 Å². The van der Waals surface area contributed by atoms with Crippen molar-refractivity contribution < 1.29 is 22.7 Å². The van der Waals surface area contributed by atoms with E-state index in [4.69, 9.17) is 9.47 Å². The Morgan fingerprint density at radius 2 is 1.64 bits per heavy atom. The van der Waals surface area contributed by atoms with Gasteiger partial charge in [-0.3, -0.25) is 19.7 Å². The van der Waals surface area contributed by atoms with Crippen molar-refractivity contribution in [3.8, 4) is 17.0 Å². The number of hydrogen-bond acceptors (Lipinski definition) is 8. The molecule has 39 heavy (non-hydrogen) atoms. The smallest absolute Gasteiger partial charge is 0.303 e. The van der Waals surface area contributed by atoms with Crippen molar-refractivity contribution in [3.05, 3.63) is 103 Å². The van der Waals surface area contributed by atoms with Crippen LogP contribution in [0.1, 0.15) is 31.9 Å². The van der Waals surface area contributed by atoms with Gasteiger partial charge in [-0.05, 0) is 49.2 Å². The van der Waals surface area contributed by atoms with Crippen LogP contribution in [0.5, 0.6) is 5.75 Å². The third kappa shape index (κ3) is 7.68. The highest BCUT2D eigenvalue weighted by Gasteiger charge is 2.26. The van der Waals surface area contributed by atoms with Crippen LogP contribution in [0, 0.1) is 0 Å². The molecular formula is C29H30N4O5S. The minimum Gasteiger partial charge on any atom is -0.489 e.